The van der Waals surface area contributed by atoms with Crippen molar-refractivity contribution in [3.63, 3.8) is 0 Å². The van der Waals surface area contributed by atoms with E-state index in [2.05, 4.69) is 10.9 Å². The lowest BCUT2D eigenvalue weighted by molar-refractivity contribution is -0.100. The van der Waals surface area contributed by atoms with E-state index in [1.54, 1.807) is 21.3 Å². The monoisotopic (exact) mass is 133 g/mol. The highest BCUT2D eigenvalue weighted by atomic mass is 16.7. The first-order valence-electron chi connectivity index (χ1n) is 2.74. The summed E-state index contributed by atoms with van der Waals surface area (Å²) in [5.41, 5.74) is 6.45. The first-order valence-corrected chi connectivity index (χ1v) is 2.74. The Kier molecular flexibility index (Phi) is 5.86. The van der Waals surface area contributed by atoms with E-state index in [0.717, 1.165) is 0 Å². The second-order valence-electron chi connectivity index (χ2n) is 1.47. The Balaban J connectivity index is 3.09. The highest BCUT2D eigenvalue weighted by molar-refractivity contribution is 4.41. The van der Waals surface area contributed by atoms with Gasteiger partial charge in [-0.15, -0.1) is 0 Å². The molecule has 0 saturated heterocycles. The molecule has 1 radical (unpaired) electrons. The fraction of sp³-hybridized carbons (Fsp3) is 1.00. The summed E-state index contributed by atoms with van der Waals surface area (Å²) >= 11 is 0. The van der Waals surface area contributed by atoms with E-state index in [-0.39, 0.29) is 6.29 Å². The average molecular weight is 133 g/mol. The van der Waals surface area contributed by atoms with Gasteiger partial charge in [0.25, 0.3) is 0 Å². The lowest BCUT2D eigenvalue weighted by Gasteiger charge is -2.11. The predicted octanol–water partition coefficient (Wildman–Crippen LogP) is -0.656. The zero-order valence-corrected chi connectivity index (χ0v) is 6.05. The standard InChI is InChI=1S/C5H13N2O2/c1-6-7-4-5(8-2)9-3/h5-6H,4H2,1-3H3. The van der Waals surface area contributed by atoms with Gasteiger partial charge in [0.1, 0.15) is 0 Å². The Morgan fingerprint density at radius 3 is 2.33 bits per heavy atom. The molecule has 0 aromatic heterocycles. The van der Waals surface area contributed by atoms with Crippen molar-refractivity contribution < 1.29 is 9.47 Å². The third-order valence-electron chi connectivity index (χ3n) is 0.924. The van der Waals surface area contributed by atoms with Crippen LogP contribution in [0.3, 0.4) is 0 Å². The molecule has 0 unspecified atom stereocenters. The van der Waals surface area contributed by atoms with E-state index in [1.165, 1.54) is 0 Å². The van der Waals surface area contributed by atoms with Crippen LogP contribution in [0.5, 0.6) is 0 Å². The SMILES string of the molecule is CN[N]CC(OC)OC. The first kappa shape index (κ1) is 8.84. The van der Waals surface area contributed by atoms with E-state index in [9.17, 15) is 0 Å². The summed E-state index contributed by atoms with van der Waals surface area (Å²) in [6, 6.07) is 0. The fourth-order valence-corrected chi connectivity index (χ4v) is 0.411. The summed E-state index contributed by atoms with van der Waals surface area (Å²) in [5, 5.41) is 0. The molecule has 0 heterocycles. The van der Waals surface area contributed by atoms with Crippen molar-refractivity contribution in [1.82, 2.24) is 10.9 Å². The lowest BCUT2D eigenvalue weighted by Crippen LogP contribution is -2.31. The lowest BCUT2D eigenvalue weighted by atomic mass is 10.6. The fourth-order valence-electron chi connectivity index (χ4n) is 0.411. The second-order valence-corrected chi connectivity index (χ2v) is 1.47. The van der Waals surface area contributed by atoms with Gasteiger partial charge in [-0.2, -0.15) is 5.43 Å². The minimum atomic E-state index is -0.225. The molecule has 55 valence electrons. The van der Waals surface area contributed by atoms with Crippen LogP contribution in [0.1, 0.15) is 0 Å². The van der Waals surface area contributed by atoms with E-state index in [1.807, 2.05) is 0 Å². The van der Waals surface area contributed by atoms with Crippen molar-refractivity contribution >= 4 is 0 Å². The van der Waals surface area contributed by atoms with Gasteiger partial charge in [-0.3, -0.25) is 0 Å². The van der Waals surface area contributed by atoms with Crippen molar-refractivity contribution in [2.45, 2.75) is 6.29 Å². The van der Waals surface area contributed by atoms with Gasteiger partial charge in [-0.1, -0.05) is 0 Å². The van der Waals surface area contributed by atoms with Crippen LogP contribution in [0.4, 0.5) is 0 Å². The van der Waals surface area contributed by atoms with Crippen LogP contribution >= 0.6 is 0 Å². The summed E-state index contributed by atoms with van der Waals surface area (Å²) < 4.78 is 9.69. The number of nitrogens with one attached hydrogen (secondary N) is 1. The minimum absolute atomic E-state index is 0.225. The van der Waals surface area contributed by atoms with Gasteiger partial charge >= 0.3 is 0 Å². The molecule has 0 aliphatic heterocycles. The summed E-state index contributed by atoms with van der Waals surface area (Å²) in [6.45, 7) is 0.517. The third-order valence-corrected chi connectivity index (χ3v) is 0.924. The number of hydrogen-bond acceptors (Lipinski definition) is 3. The molecule has 0 aromatic rings. The molecule has 0 aromatic carbocycles. The molecule has 0 rings (SSSR count). The van der Waals surface area contributed by atoms with E-state index in [4.69, 9.17) is 9.47 Å². The van der Waals surface area contributed by atoms with E-state index in [0.29, 0.717) is 6.54 Å². The van der Waals surface area contributed by atoms with Gasteiger partial charge in [0.15, 0.2) is 6.29 Å². The highest BCUT2D eigenvalue weighted by Gasteiger charge is 2.02. The summed E-state index contributed by atoms with van der Waals surface area (Å²) in [6.07, 6.45) is -0.225. The van der Waals surface area contributed by atoms with Crippen LogP contribution in [0.15, 0.2) is 0 Å². The molecule has 1 N–H and O–H groups in total. The van der Waals surface area contributed by atoms with Crippen molar-refractivity contribution in [3.05, 3.63) is 0 Å². The predicted molar refractivity (Wildman–Crippen MR) is 33.9 cm³/mol. The van der Waals surface area contributed by atoms with Gasteiger partial charge < -0.3 is 9.47 Å². The number of nitrogens with zero attached hydrogens (tertiary/aromatic N) is 1. The molecule has 4 heteroatoms. The first-order chi connectivity index (χ1) is 4.35. The topological polar surface area (TPSA) is 44.6 Å². The minimum Gasteiger partial charge on any atom is -0.354 e. The molecule has 4 nitrogen and oxygen atoms in total. The Morgan fingerprint density at radius 1 is 1.44 bits per heavy atom. The number of hydrogen-bond donors (Lipinski definition) is 1. The molecule has 0 bridgehead atoms. The molecular weight excluding hydrogens is 120 g/mol. The maximum Gasteiger partial charge on any atom is 0.172 e. The van der Waals surface area contributed by atoms with Crippen molar-refractivity contribution in [2.24, 2.45) is 0 Å². The maximum absolute atomic E-state index is 4.85. The molecular formula is C5H13N2O2. The number of ether oxygens (including phenoxy) is 2. The molecule has 0 fully saturated rings. The van der Waals surface area contributed by atoms with Crippen molar-refractivity contribution in [2.75, 3.05) is 27.8 Å². The molecule has 0 spiro atoms. The molecule has 0 amide bonds. The van der Waals surface area contributed by atoms with Crippen LogP contribution in [-0.4, -0.2) is 34.1 Å². The zero-order chi connectivity index (χ0) is 7.11. The van der Waals surface area contributed by atoms with Crippen LogP contribution in [0.2, 0.25) is 0 Å². The molecule has 9 heavy (non-hydrogen) atoms. The molecule has 0 aliphatic carbocycles. The maximum atomic E-state index is 4.85. The third kappa shape index (κ3) is 4.35. The van der Waals surface area contributed by atoms with Crippen molar-refractivity contribution in [1.29, 1.82) is 0 Å². The van der Waals surface area contributed by atoms with Crippen LogP contribution in [-0.2, 0) is 9.47 Å². The van der Waals surface area contributed by atoms with Gasteiger partial charge in [0.05, 0.1) is 6.54 Å². The van der Waals surface area contributed by atoms with Crippen LogP contribution in [0, 0.1) is 0 Å². The highest BCUT2D eigenvalue weighted by Crippen LogP contribution is 1.85. The molecule has 0 aliphatic rings. The van der Waals surface area contributed by atoms with Gasteiger partial charge in [-0.05, 0) is 0 Å². The molecule has 0 saturated carbocycles. The van der Waals surface area contributed by atoms with Gasteiger partial charge in [0, 0.05) is 21.3 Å². The average Bonchev–Trinajstić information content (AvgIpc) is 1.91. The summed E-state index contributed by atoms with van der Waals surface area (Å²) in [5.74, 6) is 0. The van der Waals surface area contributed by atoms with E-state index < -0.39 is 0 Å². The normalized spacial score (nSPS) is 10.7. The van der Waals surface area contributed by atoms with Crippen LogP contribution < -0.4 is 10.9 Å². The van der Waals surface area contributed by atoms with Gasteiger partial charge in [0.2, 0.25) is 0 Å². The Hall–Kier alpha value is -0.160. The van der Waals surface area contributed by atoms with Crippen LogP contribution in [0.25, 0.3) is 0 Å². The van der Waals surface area contributed by atoms with Gasteiger partial charge in [-0.25, -0.2) is 5.43 Å². The van der Waals surface area contributed by atoms with Crippen molar-refractivity contribution in [3.8, 4) is 0 Å². The Bertz CT molecular complexity index is 56.9. The summed E-state index contributed by atoms with van der Waals surface area (Å²) in [7, 11) is 4.90. The summed E-state index contributed by atoms with van der Waals surface area (Å²) in [4.78, 5) is 0. The zero-order valence-electron chi connectivity index (χ0n) is 6.05. The quantitative estimate of drug-likeness (QED) is 0.400. The Labute approximate surface area is 55.5 Å². The number of methoxy groups -OCH3 is 2. The van der Waals surface area contributed by atoms with E-state index >= 15 is 0 Å². The largest absolute Gasteiger partial charge is 0.354 e. The number of rotatable bonds is 5. The Morgan fingerprint density at radius 2 is 2.00 bits per heavy atom. The second kappa shape index (κ2) is 5.97. The molecule has 0 atom stereocenters. The smallest absolute Gasteiger partial charge is 0.172 e.